The molecular weight excluding hydrogens is 312 g/mol. The van der Waals surface area contributed by atoms with E-state index in [0.29, 0.717) is 32.0 Å². The van der Waals surface area contributed by atoms with E-state index in [2.05, 4.69) is 4.90 Å². The van der Waals surface area contributed by atoms with Gasteiger partial charge in [-0.1, -0.05) is 0 Å². The predicted molar refractivity (Wildman–Crippen MR) is 89.5 cm³/mol. The Morgan fingerprint density at radius 2 is 1.79 bits per heavy atom. The van der Waals surface area contributed by atoms with Crippen molar-refractivity contribution in [1.82, 2.24) is 9.80 Å². The second-order valence-electron chi connectivity index (χ2n) is 5.63. The van der Waals surface area contributed by atoms with Crippen molar-refractivity contribution in [3.8, 4) is 11.5 Å². The molecule has 1 fully saturated rings. The van der Waals surface area contributed by atoms with Gasteiger partial charge in [-0.3, -0.25) is 4.90 Å². The molecule has 1 aliphatic rings. The van der Waals surface area contributed by atoms with Crippen LogP contribution in [-0.2, 0) is 4.74 Å². The summed E-state index contributed by atoms with van der Waals surface area (Å²) in [5.41, 5.74) is 0. The molecule has 1 amide bonds. The minimum absolute atomic E-state index is 0.227. The Labute approximate surface area is 142 Å². The highest BCUT2D eigenvalue weighted by Gasteiger charge is 2.23. The molecule has 134 valence electrons. The van der Waals surface area contributed by atoms with Crippen molar-refractivity contribution in [2.24, 2.45) is 0 Å². The standard InChI is InChI=1S/C17H26N2O5/c1-3-23-17(21)19-10-8-18(9-11-19)12-14(20)13-24-16-6-4-15(22-2)5-7-16/h4-7,14,20H,3,8-13H2,1-2H3/t14-/m0/s1. The van der Waals surface area contributed by atoms with Crippen molar-refractivity contribution in [2.45, 2.75) is 13.0 Å². The first kappa shape index (κ1) is 18.4. The normalized spacial score (nSPS) is 16.5. The van der Waals surface area contributed by atoms with E-state index in [9.17, 15) is 9.90 Å². The summed E-state index contributed by atoms with van der Waals surface area (Å²) in [6.45, 7) is 5.61. The SMILES string of the molecule is CCOC(=O)N1CCN(C[C@H](O)COc2ccc(OC)cc2)CC1. The van der Waals surface area contributed by atoms with Gasteiger partial charge in [-0.25, -0.2) is 4.79 Å². The molecule has 1 saturated heterocycles. The lowest BCUT2D eigenvalue weighted by molar-refractivity contribution is 0.0407. The molecule has 1 heterocycles. The van der Waals surface area contributed by atoms with E-state index in [4.69, 9.17) is 14.2 Å². The van der Waals surface area contributed by atoms with Crippen LogP contribution in [0.4, 0.5) is 4.79 Å². The molecule has 2 rings (SSSR count). The van der Waals surface area contributed by atoms with Crippen LogP contribution in [-0.4, -0.2) is 80.2 Å². The lowest BCUT2D eigenvalue weighted by Gasteiger charge is -2.34. The Bertz CT molecular complexity index is 500. The van der Waals surface area contributed by atoms with Gasteiger partial charge in [0.15, 0.2) is 0 Å². The first-order valence-electron chi connectivity index (χ1n) is 8.21. The van der Waals surface area contributed by atoms with E-state index >= 15 is 0 Å². The largest absolute Gasteiger partial charge is 0.497 e. The maximum atomic E-state index is 11.6. The zero-order valence-electron chi connectivity index (χ0n) is 14.3. The highest BCUT2D eigenvalue weighted by atomic mass is 16.6. The zero-order chi connectivity index (χ0) is 17.4. The quantitative estimate of drug-likeness (QED) is 0.806. The summed E-state index contributed by atoms with van der Waals surface area (Å²) < 4.78 is 15.7. The monoisotopic (exact) mass is 338 g/mol. The molecule has 7 nitrogen and oxygen atoms in total. The number of methoxy groups -OCH3 is 1. The summed E-state index contributed by atoms with van der Waals surface area (Å²) in [5, 5.41) is 10.1. The van der Waals surface area contributed by atoms with Gasteiger partial charge in [0, 0.05) is 32.7 Å². The van der Waals surface area contributed by atoms with Crippen molar-refractivity contribution >= 4 is 6.09 Å². The second kappa shape index (κ2) is 9.34. The number of hydrogen-bond donors (Lipinski definition) is 1. The maximum Gasteiger partial charge on any atom is 0.409 e. The average molecular weight is 338 g/mol. The number of β-amino-alcohol motifs (C(OH)–C–C–N with tert-alkyl or cyclic N) is 1. The van der Waals surface area contributed by atoms with Crippen LogP contribution in [0.5, 0.6) is 11.5 Å². The summed E-state index contributed by atoms with van der Waals surface area (Å²) in [4.78, 5) is 15.5. The topological polar surface area (TPSA) is 71.5 Å². The van der Waals surface area contributed by atoms with E-state index in [1.807, 2.05) is 24.3 Å². The first-order valence-corrected chi connectivity index (χ1v) is 8.21. The fourth-order valence-electron chi connectivity index (χ4n) is 2.54. The number of rotatable bonds is 7. The number of hydrogen-bond acceptors (Lipinski definition) is 6. The van der Waals surface area contributed by atoms with Crippen LogP contribution in [0.15, 0.2) is 24.3 Å². The van der Waals surface area contributed by atoms with Crippen LogP contribution in [0.1, 0.15) is 6.92 Å². The van der Waals surface area contributed by atoms with Crippen molar-refractivity contribution in [3.05, 3.63) is 24.3 Å². The van der Waals surface area contributed by atoms with Crippen molar-refractivity contribution in [2.75, 3.05) is 53.0 Å². The molecule has 1 aromatic carbocycles. The molecule has 0 bridgehead atoms. The zero-order valence-corrected chi connectivity index (χ0v) is 14.3. The smallest absolute Gasteiger partial charge is 0.409 e. The minimum atomic E-state index is -0.582. The highest BCUT2D eigenvalue weighted by molar-refractivity contribution is 5.67. The van der Waals surface area contributed by atoms with Crippen molar-refractivity contribution in [3.63, 3.8) is 0 Å². The van der Waals surface area contributed by atoms with E-state index in [0.717, 1.165) is 18.8 Å². The Balaban J connectivity index is 1.67. The minimum Gasteiger partial charge on any atom is -0.497 e. The summed E-state index contributed by atoms with van der Waals surface area (Å²) in [6.07, 6.45) is -0.846. The van der Waals surface area contributed by atoms with Crippen LogP contribution >= 0.6 is 0 Å². The van der Waals surface area contributed by atoms with Crippen LogP contribution in [0.2, 0.25) is 0 Å². The van der Waals surface area contributed by atoms with Gasteiger partial charge in [0.1, 0.15) is 24.2 Å². The molecule has 0 aromatic heterocycles. The molecule has 1 aromatic rings. The third-order valence-corrected chi connectivity index (χ3v) is 3.87. The molecule has 1 atom stereocenters. The molecule has 0 saturated carbocycles. The third kappa shape index (κ3) is 5.58. The molecule has 1 N–H and O–H groups in total. The lowest BCUT2D eigenvalue weighted by Crippen LogP contribution is -2.51. The molecule has 24 heavy (non-hydrogen) atoms. The lowest BCUT2D eigenvalue weighted by atomic mass is 10.2. The summed E-state index contributed by atoms with van der Waals surface area (Å²) >= 11 is 0. The van der Waals surface area contributed by atoms with Gasteiger partial charge in [0.2, 0.25) is 0 Å². The predicted octanol–water partition coefficient (Wildman–Crippen LogP) is 1.21. The summed E-state index contributed by atoms with van der Waals surface area (Å²) in [6, 6.07) is 7.25. The number of nitrogens with zero attached hydrogens (tertiary/aromatic N) is 2. The van der Waals surface area contributed by atoms with Crippen LogP contribution in [0.3, 0.4) is 0 Å². The number of aliphatic hydroxyl groups excluding tert-OH is 1. The van der Waals surface area contributed by atoms with Crippen molar-refractivity contribution in [1.29, 1.82) is 0 Å². The van der Waals surface area contributed by atoms with E-state index in [1.54, 1.807) is 18.9 Å². The molecule has 1 aliphatic heterocycles. The van der Waals surface area contributed by atoms with E-state index in [1.165, 1.54) is 0 Å². The van der Waals surface area contributed by atoms with Gasteiger partial charge < -0.3 is 24.2 Å². The average Bonchev–Trinajstić information content (AvgIpc) is 2.61. The molecule has 0 spiro atoms. The first-order chi connectivity index (χ1) is 11.6. The van der Waals surface area contributed by atoms with Gasteiger partial charge in [0.25, 0.3) is 0 Å². The van der Waals surface area contributed by atoms with Crippen molar-refractivity contribution < 1.29 is 24.1 Å². The number of carbonyl (C=O) groups is 1. The van der Waals surface area contributed by atoms with Gasteiger partial charge in [-0.05, 0) is 31.2 Å². The van der Waals surface area contributed by atoms with Gasteiger partial charge in [-0.2, -0.15) is 0 Å². The second-order valence-corrected chi connectivity index (χ2v) is 5.63. The highest BCUT2D eigenvalue weighted by Crippen LogP contribution is 2.17. The number of amides is 1. The molecule has 0 unspecified atom stereocenters. The molecule has 0 aliphatic carbocycles. The summed E-state index contributed by atoms with van der Waals surface area (Å²) in [5.74, 6) is 1.46. The Kier molecular flexibility index (Phi) is 7.14. The number of ether oxygens (including phenoxy) is 3. The van der Waals surface area contributed by atoms with Gasteiger partial charge in [-0.15, -0.1) is 0 Å². The van der Waals surface area contributed by atoms with Crippen LogP contribution < -0.4 is 9.47 Å². The Hall–Kier alpha value is -1.99. The number of aliphatic hydroxyl groups is 1. The fraction of sp³-hybridized carbons (Fsp3) is 0.588. The number of piperazine rings is 1. The summed E-state index contributed by atoms with van der Waals surface area (Å²) in [7, 11) is 1.61. The Morgan fingerprint density at radius 1 is 1.17 bits per heavy atom. The third-order valence-electron chi connectivity index (χ3n) is 3.87. The molecule has 0 radical (unpaired) electrons. The Morgan fingerprint density at radius 3 is 2.38 bits per heavy atom. The van der Waals surface area contributed by atoms with Crippen LogP contribution in [0, 0.1) is 0 Å². The van der Waals surface area contributed by atoms with E-state index in [-0.39, 0.29) is 12.7 Å². The van der Waals surface area contributed by atoms with E-state index < -0.39 is 6.10 Å². The fourth-order valence-corrected chi connectivity index (χ4v) is 2.54. The number of carbonyl (C=O) groups excluding carboxylic acids is 1. The molecular formula is C17H26N2O5. The van der Waals surface area contributed by atoms with Gasteiger partial charge >= 0.3 is 6.09 Å². The number of benzene rings is 1. The molecule has 7 heteroatoms. The van der Waals surface area contributed by atoms with Crippen LogP contribution in [0.25, 0.3) is 0 Å². The maximum absolute atomic E-state index is 11.6. The van der Waals surface area contributed by atoms with Gasteiger partial charge in [0.05, 0.1) is 13.7 Å².